The van der Waals surface area contributed by atoms with Gasteiger partial charge in [0.1, 0.15) is 0 Å². The highest BCUT2D eigenvalue weighted by atomic mass is 16.5. The number of ether oxygens (including phenoxy) is 1. The zero-order chi connectivity index (χ0) is 15.1. The molecule has 1 aliphatic rings. The SMILES string of the molecule is CC(N)CC(=O)NCC(c1ccccc1)N1CCOCC1. The highest BCUT2D eigenvalue weighted by molar-refractivity contribution is 5.76. The molecule has 0 radical (unpaired) electrons. The van der Waals surface area contributed by atoms with Crippen molar-refractivity contribution in [2.24, 2.45) is 5.73 Å². The number of carbonyl (C=O) groups excluding carboxylic acids is 1. The van der Waals surface area contributed by atoms with E-state index in [0.717, 1.165) is 26.3 Å². The van der Waals surface area contributed by atoms with Crippen LogP contribution in [0.15, 0.2) is 30.3 Å². The molecule has 2 atom stereocenters. The average Bonchev–Trinajstić information content (AvgIpc) is 2.49. The van der Waals surface area contributed by atoms with Crippen LogP contribution in [0.4, 0.5) is 0 Å². The van der Waals surface area contributed by atoms with Gasteiger partial charge in [0.25, 0.3) is 0 Å². The van der Waals surface area contributed by atoms with E-state index < -0.39 is 0 Å². The smallest absolute Gasteiger partial charge is 0.221 e. The summed E-state index contributed by atoms with van der Waals surface area (Å²) in [4.78, 5) is 14.2. The molecule has 1 aromatic rings. The molecule has 21 heavy (non-hydrogen) atoms. The first-order valence-electron chi connectivity index (χ1n) is 7.56. The fraction of sp³-hybridized carbons (Fsp3) is 0.562. The fourth-order valence-electron chi connectivity index (χ4n) is 2.60. The number of amides is 1. The van der Waals surface area contributed by atoms with E-state index in [1.54, 1.807) is 0 Å². The summed E-state index contributed by atoms with van der Waals surface area (Å²) in [6.45, 7) is 5.73. The first-order chi connectivity index (χ1) is 10.2. The van der Waals surface area contributed by atoms with E-state index in [0.29, 0.717) is 13.0 Å². The topological polar surface area (TPSA) is 67.6 Å². The van der Waals surface area contributed by atoms with E-state index in [1.165, 1.54) is 5.56 Å². The zero-order valence-electron chi connectivity index (χ0n) is 12.6. The van der Waals surface area contributed by atoms with Crippen LogP contribution in [0.25, 0.3) is 0 Å². The Morgan fingerprint density at radius 3 is 2.62 bits per heavy atom. The average molecular weight is 291 g/mol. The summed E-state index contributed by atoms with van der Waals surface area (Å²) < 4.78 is 5.42. The summed E-state index contributed by atoms with van der Waals surface area (Å²) in [6.07, 6.45) is 0.366. The highest BCUT2D eigenvalue weighted by Gasteiger charge is 2.23. The van der Waals surface area contributed by atoms with Crippen LogP contribution in [-0.2, 0) is 9.53 Å². The first-order valence-corrected chi connectivity index (χ1v) is 7.56. The Kier molecular flexibility index (Phi) is 6.17. The number of benzene rings is 1. The molecule has 2 unspecified atom stereocenters. The van der Waals surface area contributed by atoms with Gasteiger partial charge >= 0.3 is 0 Å². The van der Waals surface area contributed by atoms with Crippen LogP contribution in [0.5, 0.6) is 0 Å². The molecular formula is C16H25N3O2. The Morgan fingerprint density at radius 2 is 2.00 bits per heavy atom. The van der Waals surface area contributed by atoms with Gasteiger partial charge in [0.2, 0.25) is 5.91 Å². The molecule has 1 aromatic carbocycles. The summed E-state index contributed by atoms with van der Waals surface area (Å²) in [5, 5.41) is 3.01. The van der Waals surface area contributed by atoms with Gasteiger partial charge in [0.15, 0.2) is 0 Å². The largest absolute Gasteiger partial charge is 0.379 e. The van der Waals surface area contributed by atoms with E-state index in [9.17, 15) is 4.79 Å². The number of morpholine rings is 1. The van der Waals surface area contributed by atoms with Gasteiger partial charge in [-0.2, -0.15) is 0 Å². The van der Waals surface area contributed by atoms with Gasteiger partial charge in [-0.25, -0.2) is 0 Å². The monoisotopic (exact) mass is 291 g/mol. The number of rotatable bonds is 6. The maximum atomic E-state index is 11.8. The minimum absolute atomic E-state index is 0.0131. The van der Waals surface area contributed by atoms with Crippen molar-refractivity contribution in [2.75, 3.05) is 32.8 Å². The minimum Gasteiger partial charge on any atom is -0.379 e. The molecule has 1 amide bonds. The third kappa shape index (κ3) is 5.12. The van der Waals surface area contributed by atoms with Gasteiger partial charge in [-0.15, -0.1) is 0 Å². The molecule has 2 rings (SSSR count). The van der Waals surface area contributed by atoms with Crippen LogP contribution < -0.4 is 11.1 Å². The third-order valence-corrected chi connectivity index (χ3v) is 3.67. The second kappa shape index (κ2) is 8.12. The molecule has 1 saturated heterocycles. The van der Waals surface area contributed by atoms with Gasteiger partial charge in [-0.05, 0) is 12.5 Å². The number of nitrogens with one attached hydrogen (secondary N) is 1. The lowest BCUT2D eigenvalue weighted by Gasteiger charge is -2.35. The molecule has 116 valence electrons. The Hall–Kier alpha value is -1.43. The second-order valence-corrected chi connectivity index (χ2v) is 5.56. The quantitative estimate of drug-likeness (QED) is 0.817. The molecule has 0 saturated carbocycles. The second-order valence-electron chi connectivity index (χ2n) is 5.56. The van der Waals surface area contributed by atoms with Gasteiger partial charge in [0, 0.05) is 32.1 Å². The van der Waals surface area contributed by atoms with Crippen molar-refractivity contribution >= 4 is 5.91 Å². The molecule has 5 nitrogen and oxygen atoms in total. The lowest BCUT2D eigenvalue weighted by atomic mass is 10.0. The standard InChI is InChI=1S/C16H25N3O2/c1-13(17)11-16(20)18-12-15(14-5-3-2-4-6-14)19-7-9-21-10-8-19/h2-6,13,15H,7-12,17H2,1H3,(H,18,20). The van der Waals surface area contributed by atoms with E-state index in [1.807, 2.05) is 25.1 Å². The molecule has 0 aliphatic carbocycles. The first kappa shape index (κ1) is 15.9. The van der Waals surface area contributed by atoms with Crippen molar-refractivity contribution in [2.45, 2.75) is 25.4 Å². The van der Waals surface area contributed by atoms with Gasteiger partial charge < -0.3 is 15.8 Å². The number of hydrogen-bond donors (Lipinski definition) is 2. The number of nitrogens with two attached hydrogens (primary N) is 1. The number of nitrogens with zero attached hydrogens (tertiary/aromatic N) is 1. The third-order valence-electron chi connectivity index (χ3n) is 3.67. The molecular weight excluding hydrogens is 266 g/mol. The maximum absolute atomic E-state index is 11.8. The van der Waals surface area contributed by atoms with Crippen LogP contribution in [0, 0.1) is 0 Å². The summed E-state index contributed by atoms with van der Waals surface area (Å²) in [7, 11) is 0. The Labute approximate surface area is 126 Å². The predicted octanol–water partition coefficient (Wildman–Crippen LogP) is 0.913. The normalized spacial score (nSPS) is 19.0. The molecule has 5 heteroatoms. The maximum Gasteiger partial charge on any atom is 0.221 e. The molecule has 1 aliphatic heterocycles. The van der Waals surface area contributed by atoms with Crippen LogP contribution in [-0.4, -0.2) is 49.7 Å². The van der Waals surface area contributed by atoms with Crippen LogP contribution in [0.2, 0.25) is 0 Å². The lowest BCUT2D eigenvalue weighted by Crippen LogP contribution is -2.44. The van der Waals surface area contributed by atoms with E-state index in [2.05, 4.69) is 22.3 Å². The van der Waals surface area contributed by atoms with Crippen LogP contribution in [0.1, 0.15) is 24.9 Å². The van der Waals surface area contributed by atoms with Crippen molar-refractivity contribution in [3.8, 4) is 0 Å². The summed E-state index contributed by atoms with van der Waals surface area (Å²) >= 11 is 0. The minimum atomic E-state index is -0.108. The van der Waals surface area contributed by atoms with Gasteiger partial charge in [-0.1, -0.05) is 30.3 Å². The Bertz CT molecular complexity index is 430. The van der Waals surface area contributed by atoms with Crippen molar-refractivity contribution in [3.63, 3.8) is 0 Å². The van der Waals surface area contributed by atoms with Crippen molar-refractivity contribution in [1.82, 2.24) is 10.2 Å². The van der Waals surface area contributed by atoms with Crippen LogP contribution in [0.3, 0.4) is 0 Å². The zero-order valence-corrected chi connectivity index (χ0v) is 12.6. The fourth-order valence-corrected chi connectivity index (χ4v) is 2.60. The summed E-state index contributed by atoms with van der Waals surface area (Å²) in [5.41, 5.74) is 6.89. The van der Waals surface area contributed by atoms with E-state index in [-0.39, 0.29) is 18.0 Å². The molecule has 1 heterocycles. The summed E-state index contributed by atoms with van der Waals surface area (Å²) in [6, 6.07) is 10.4. The summed E-state index contributed by atoms with van der Waals surface area (Å²) in [5.74, 6) is 0.0131. The number of carbonyl (C=O) groups is 1. The van der Waals surface area contributed by atoms with Gasteiger partial charge in [-0.3, -0.25) is 9.69 Å². The molecule has 1 fully saturated rings. The van der Waals surface area contributed by atoms with Crippen molar-refractivity contribution in [3.05, 3.63) is 35.9 Å². The molecule has 3 N–H and O–H groups in total. The van der Waals surface area contributed by atoms with Crippen molar-refractivity contribution in [1.29, 1.82) is 0 Å². The van der Waals surface area contributed by atoms with E-state index >= 15 is 0 Å². The highest BCUT2D eigenvalue weighted by Crippen LogP contribution is 2.21. The van der Waals surface area contributed by atoms with Crippen molar-refractivity contribution < 1.29 is 9.53 Å². The van der Waals surface area contributed by atoms with Gasteiger partial charge in [0.05, 0.1) is 19.3 Å². The Balaban J connectivity index is 2.00. The van der Waals surface area contributed by atoms with Crippen LogP contribution >= 0.6 is 0 Å². The predicted molar refractivity (Wildman–Crippen MR) is 82.9 cm³/mol. The lowest BCUT2D eigenvalue weighted by molar-refractivity contribution is -0.121. The number of hydrogen-bond acceptors (Lipinski definition) is 4. The van der Waals surface area contributed by atoms with E-state index in [4.69, 9.17) is 10.5 Å². The molecule has 0 aromatic heterocycles. The molecule has 0 spiro atoms. The Morgan fingerprint density at radius 1 is 1.33 bits per heavy atom. The molecule has 0 bridgehead atoms.